The van der Waals surface area contributed by atoms with Gasteiger partial charge >= 0.3 is 11.7 Å². The highest BCUT2D eigenvalue weighted by Crippen LogP contribution is 2.24. The van der Waals surface area contributed by atoms with Crippen LogP contribution in [0.5, 0.6) is 5.88 Å². The van der Waals surface area contributed by atoms with Crippen LogP contribution in [0.25, 0.3) is 11.7 Å². The fourth-order valence-electron chi connectivity index (χ4n) is 3.34. The van der Waals surface area contributed by atoms with Gasteiger partial charge in [-0.15, -0.1) is 0 Å². The molecule has 14 heteroatoms. The van der Waals surface area contributed by atoms with Crippen molar-refractivity contribution in [1.82, 2.24) is 29.1 Å². The lowest BCUT2D eigenvalue weighted by atomic mass is 10.3. The van der Waals surface area contributed by atoms with Crippen LogP contribution in [-0.4, -0.2) is 52.3 Å². The Kier molecular flexibility index (Phi) is 6.16. The highest BCUT2D eigenvalue weighted by molar-refractivity contribution is 6.33. The van der Waals surface area contributed by atoms with Crippen LogP contribution in [0.15, 0.2) is 40.5 Å². The van der Waals surface area contributed by atoms with Crippen molar-refractivity contribution in [3.8, 4) is 5.88 Å². The van der Waals surface area contributed by atoms with E-state index in [0.717, 1.165) is 17.4 Å². The van der Waals surface area contributed by atoms with Crippen LogP contribution in [0.2, 0.25) is 5.02 Å². The largest absolute Gasteiger partial charge is 0.493 e. The first-order valence-electron chi connectivity index (χ1n) is 11.0. The smallest absolute Gasteiger partial charge is 0.331 e. The van der Waals surface area contributed by atoms with Crippen LogP contribution < -0.4 is 27.4 Å². The predicted molar refractivity (Wildman–Crippen MR) is 129 cm³/mol. The van der Waals surface area contributed by atoms with Crippen molar-refractivity contribution in [2.24, 2.45) is 10.7 Å². The van der Waals surface area contributed by atoms with Gasteiger partial charge in [0.15, 0.2) is 17.9 Å². The SMILES string of the molecule is C[C@H](N)C(=O)OCn1c(O)c(/C=c2/cnn3c(=NC4CC4)cc(Nc4ccncc4Cl)nc23)[nH]c1=O. The molecule has 1 atom stereocenters. The number of aromatic nitrogens is 6. The number of aromatic hydroxyl groups is 1. The van der Waals surface area contributed by atoms with Crippen molar-refractivity contribution >= 4 is 40.8 Å². The molecule has 0 radical (unpaired) electrons. The quantitative estimate of drug-likeness (QED) is 0.252. The standard InChI is InChI=1S/C22H22ClN9O4/c1-11(24)21(34)36-10-31-20(33)16(29-22(31)35)6-12-8-26-32-18(27-13-2-3-13)7-17(30-19(12)32)28-15-4-5-25-9-14(15)23/h4-9,11,13,33H,2-3,10,24H2,1H3,(H,25,28)(H,29,35)/b12-6-,27-18?/t11-/m0/s1. The number of pyridine rings is 1. The molecule has 1 fully saturated rings. The minimum absolute atomic E-state index is 0.0877. The second kappa shape index (κ2) is 9.43. The predicted octanol–water partition coefficient (Wildman–Crippen LogP) is 0.175. The van der Waals surface area contributed by atoms with E-state index in [4.69, 9.17) is 27.1 Å². The molecule has 0 aromatic carbocycles. The van der Waals surface area contributed by atoms with E-state index >= 15 is 0 Å². The van der Waals surface area contributed by atoms with Crippen LogP contribution >= 0.6 is 11.6 Å². The van der Waals surface area contributed by atoms with Gasteiger partial charge in [0, 0.05) is 23.7 Å². The summed E-state index contributed by atoms with van der Waals surface area (Å²) in [6, 6.07) is 2.84. The summed E-state index contributed by atoms with van der Waals surface area (Å²) in [6.07, 6.45) is 8.18. The number of fused-ring (bicyclic) bond motifs is 1. The normalized spacial score (nSPS) is 15.4. The highest BCUT2D eigenvalue weighted by Gasteiger charge is 2.21. The summed E-state index contributed by atoms with van der Waals surface area (Å²) < 4.78 is 7.41. The maximum atomic E-state index is 12.3. The molecular weight excluding hydrogens is 490 g/mol. The van der Waals surface area contributed by atoms with Crippen molar-refractivity contribution in [2.75, 3.05) is 5.32 Å². The minimum atomic E-state index is -0.863. The average Bonchev–Trinajstić information content (AvgIpc) is 3.51. The fraction of sp³-hybridized carbons (Fsp3) is 0.273. The van der Waals surface area contributed by atoms with E-state index in [9.17, 15) is 14.7 Å². The first-order chi connectivity index (χ1) is 17.3. The summed E-state index contributed by atoms with van der Waals surface area (Å²) in [7, 11) is 0. The van der Waals surface area contributed by atoms with Gasteiger partial charge in [0.25, 0.3) is 0 Å². The number of imidazole rings is 1. The Balaban J connectivity index is 1.57. The molecule has 1 saturated carbocycles. The fourth-order valence-corrected chi connectivity index (χ4v) is 3.51. The van der Waals surface area contributed by atoms with Crippen molar-refractivity contribution < 1.29 is 14.6 Å². The molecule has 0 spiro atoms. The van der Waals surface area contributed by atoms with Crippen molar-refractivity contribution in [3.05, 3.63) is 62.6 Å². The molecular formula is C22H22ClN9O4. The summed E-state index contributed by atoms with van der Waals surface area (Å²) in [4.78, 5) is 39.9. The molecule has 0 saturated heterocycles. The number of halogens is 1. The molecule has 4 aromatic rings. The van der Waals surface area contributed by atoms with E-state index in [1.165, 1.54) is 19.2 Å². The first-order valence-corrected chi connectivity index (χ1v) is 11.4. The van der Waals surface area contributed by atoms with E-state index in [2.05, 4.69) is 25.4 Å². The zero-order valence-corrected chi connectivity index (χ0v) is 19.8. The van der Waals surface area contributed by atoms with Gasteiger partial charge in [-0.25, -0.2) is 14.3 Å². The first kappa shape index (κ1) is 23.5. The summed E-state index contributed by atoms with van der Waals surface area (Å²) in [5.41, 5.74) is 6.52. The second-order valence-electron chi connectivity index (χ2n) is 8.30. The van der Waals surface area contributed by atoms with Gasteiger partial charge in [0.1, 0.15) is 17.6 Å². The lowest BCUT2D eigenvalue weighted by Gasteiger charge is -2.08. The van der Waals surface area contributed by atoms with Crippen LogP contribution in [0, 0.1) is 0 Å². The number of H-pyrrole nitrogens is 1. The number of hydrogen-bond donors (Lipinski definition) is 4. The maximum Gasteiger partial charge on any atom is 0.331 e. The third kappa shape index (κ3) is 4.78. The molecule has 0 aliphatic heterocycles. The zero-order chi connectivity index (χ0) is 25.4. The summed E-state index contributed by atoms with van der Waals surface area (Å²) in [5, 5.41) is 19.1. The lowest BCUT2D eigenvalue weighted by molar-refractivity contribution is -0.148. The van der Waals surface area contributed by atoms with Crippen molar-refractivity contribution in [3.63, 3.8) is 0 Å². The number of carbonyl (C=O) groups excluding carboxylic acids is 1. The van der Waals surface area contributed by atoms with E-state index in [0.29, 0.717) is 32.9 Å². The maximum absolute atomic E-state index is 12.3. The van der Waals surface area contributed by atoms with Crippen LogP contribution in [0.4, 0.5) is 11.5 Å². The lowest BCUT2D eigenvalue weighted by Crippen LogP contribution is -2.30. The molecule has 0 unspecified atom stereocenters. The number of anilines is 2. The van der Waals surface area contributed by atoms with Gasteiger partial charge < -0.3 is 25.9 Å². The zero-order valence-electron chi connectivity index (χ0n) is 19.1. The van der Waals surface area contributed by atoms with E-state index in [1.54, 1.807) is 29.0 Å². The van der Waals surface area contributed by atoms with Crippen molar-refractivity contribution in [2.45, 2.75) is 38.6 Å². The van der Waals surface area contributed by atoms with Crippen LogP contribution in [0.1, 0.15) is 25.5 Å². The number of nitrogens with two attached hydrogens (primary N) is 1. The molecule has 4 aromatic heterocycles. The number of aromatic amines is 1. The molecule has 13 nitrogen and oxygen atoms in total. The number of ether oxygens (including phenoxy) is 1. The minimum Gasteiger partial charge on any atom is -0.493 e. The highest BCUT2D eigenvalue weighted by atomic mass is 35.5. The Morgan fingerprint density at radius 2 is 2.28 bits per heavy atom. The molecule has 1 aliphatic carbocycles. The van der Waals surface area contributed by atoms with Crippen molar-refractivity contribution in [1.29, 1.82) is 0 Å². The second-order valence-corrected chi connectivity index (χ2v) is 8.70. The Morgan fingerprint density at radius 3 is 3.00 bits per heavy atom. The Morgan fingerprint density at radius 1 is 1.47 bits per heavy atom. The number of nitrogens with zero attached hydrogens (tertiary/aromatic N) is 6. The van der Waals surface area contributed by atoms with Gasteiger partial charge in [-0.2, -0.15) is 9.61 Å². The number of nitrogens with one attached hydrogen (secondary N) is 2. The molecule has 36 heavy (non-hydrogen) atoms. The van der Waals surface area contributed by atoms with E-state index < -0.39 is 30.3 Å². The van der Waals surface area contributed by atoms with Gasteiger partial charge in [-0.05, 0) is 31.9 Å². The van der Waals surface area contributed by atoms with Crippen LogP contribution in [-0.2, 0) is 16.3 Å². The van der Waals surface area contributed by atoms with Crippen LogP contribution in [0.3, 0.4) is 0 Å². The van der Waals surface area contributed by atoms with Gasteiger partial charge in [0.2, 0.25) is 5.88 Å². The molecule has 0 bridgehead atoms. The monoisotopic (exact) mass is 511 g/mol. The van der Waals surface area contributed by atoms with E-state index in [-0.39, 0.29) is 11.7 Å². The number of hydrogen-bond acceptors (Lipinski definition) is 10. The number of rotatable bonds is 7. The molecule has 5 rings (SSSR count). The summed E-state index contributed by atoms with van der Waals surface area (Å²) >= 11 is 6.24. The van der Waals surface area contributed by atoms with Gasteiger partial charge in [-0.1, -0.05) is 11.6 Å². The summed E-state index contributed by atoms with van der Waals surface area (Å²) in [6.45, 7) is 0.961. The molecule has 4 heterocycles. The summed E-state index contributed by atoms with van der Waals surface area (Å²) in [5.74, 6) is -0.651. The van der Waals surface area contributed by atoms with Gasteiger partial charge in [0.05, 0.1) is 22.9 Å². The third-order valence-corrected chi connectivity index (χ3v) is 5.67. The average molecular weight is 512 g/mol. The number of esters is 1. The topological polar surface area (TPSA) is 178 Å². The molecule has 1 aliphatic rings. The third-order valence-electron chi connectivity index (χ3n) is 5.37. The van der Waals surface area contributed by atoms with Gasteiger partial charge in [-0.3, -0.25) is 14.8 Å². The Hall–Kier alpha value is -4.23. The molecule has 5 N–H and O–H groups in total. The van der Waals surface area contributed by atoms with E-state index in [1.807, 2.05) is 0 Å². The molecule has 0 amide bonds. The Bertz CT molecular complexity index is 1640. The molecule has 186 valence electrons. The number of carbonyl (C=O) groups is 1. The Labute approximate surface area is 207 Å².